The van der Waals surface area contributed by atoms with Gasteiger partial charge in [0.15, 0.2) is 0 Å². The monoisotopic (exact) mass is 366 g/mol. The summed E-state index contributed by atoms with van der Waals surface area (Å²) in [6.07, 6.45) is 3.37. The van der Waals surface area contributed by atoms with E-state index in [2.05, 4.69) is 10.3 Å². The summed E-state index contributed by atoms with van der Waals surface area (Å²) in [5.74, 6) is 0.936. The Bertz CT molecular complexity index is 1040. The highest BCUT2D eigenvalue weighted by Crippen LogP contribution is 2.32. The Hall–Kier alpha value is -2.96. The molecule has 0 unspecified atom stereocenters. The van der Waals surface area contributed by atoms with Crippen LogP contribution >= 0.6 is 0 Å². The summed E-state index contributed by atoms with van der Waals surface area (Å²) >= 11 is 0. The Morgan fingerprint density at radius 2 is 2.15 bits per heavy atom. The van der Waals surface area contributed by atoms with Gasteiger partial charge in [-0.3, -0.25) is 9.59 Å². The van der Waals surface area contributed by atoms with E-state index in [4.69, 9.17) is 4.52 Å². The maximum atomic E-state index is 12.9. The van der Waals surface area contributed by atoms with Gasteiger partial charge in [0.1, 0.15) is 18.0 Å². The second-order valence-corrected chi connectivity index (χ2v) is 7.25. The zero-order valence-corrected chi connectivity index (χ0v) is 15.5. The van der Waals surface area contributed by atoms with Crippen LogP contribution in [0.25, 0.3) is 10.8 Å². The van der Waals surface area contributed by atoms with E-state index in [9.17, 15) is 9.59 Å². The van der Waals surface area contributed by atoms with E-state index in [1.165, 1.54) is 4.68 Å². The smallest absolute Gasteiger partial charge is 0.275 e. The second kappa shape index (κ2) is 6.98. The molecule has 0 spiro atoms. The lowest BCUT2D eigenvalue weighted by Crippen LogP contribution is -2.37. The number of carbonyl (C=O) groups is 1. The third kappa shape index (κ3) is 3.25. The molecule has 0 aliphatic carbocycles. The normalized spacial score (nSPS) is 17.1. The molecule has 3 heterocycles. The quantitative estimate of drug-likeness (QED) is 0.709. The van der Waals surface area contributed by atoms with Crippen molar-refractivity contribution >= 4 is 16.7 Å². The molecule has 7 heteroatoms. The Labute approximate surface area is 156 Å². The first kappa shape index (κ1) is 17.5. The number of amides is 1. The van der Waals surface area contributed by atoms with E-state index in [-0.39, 0.29) is 30.0 Å². The van der Waals surface area contributed by atoms with Crippen molar-refractivity contribution in [2.24, 2.45) is 0 Å². The molecule has 1 atom stereocenters. The summed E-state index contributed by atoms with van der Waals surface area (Å²) in [6, 6.07) is 9.08. The van der Waals surface area contributed by atoms with E-state index < -0.39 is 0 Å². The van der Waals surface area contributed by atoms with Crippen molar-refractivity contribution in [2.75, 3.05) is 6.54 Å². The third-order valence-corrected chi connectivity index (χ3v) is 5.08. The van der Waals surface area contributed by atoms with Crippen LogP contribution in [-0.4, -0.2) is 32.3 Å². The van der Waals surface area contributed by atoms with Gasteiger partial charge in [-0.05, 0) is 18.9 Å². The number of fused-ring (bicyclic) bond motifs is 1. The summed E-state index contributed by atoms with van der Waals surface area (Å²) < 4.78 is 6.64. The molecule has 1 saturated heterocycles. The highest BCUT2D eigenvalue weighted by molar-refractivity contribution is 5.81. The molecule has 1 aromatic carbocycles. The Morgan fingerprint density at radius 3 is 2.93 bits per heavy atom. The van der Waals surface area contributed by atoms with E-state index in [1.807, 2.05) is 38.1 Å². The minimum absolute atomic E-state index is 0.0743. The van der Waals surface area contributed by atoms with Crippen molar-refractivity contribution in [3.63, 3.8) is 0 Å². The van der Waals surface area contributed by atoms with E-state index in [0.717, 1.165) is 29.7 Å². The molecule has 0 radical (unpaired) electrons. The van der Waals surface area contributed by atoms with Crippen LogP contribution in [0.15, 0.2) is 45.8 Å². The predicted octanol–water partition coefficient (Wildman–Crippen LogP) is 2.87. The van der Waals surface area contributed by atoms with Crippen LogP contribution in [0.3, 0.4) is 0 Å². The zero-order valence-electron chi connectivity index (χ0n) is 15.5. The summed E-state index contributed by atoms with van der Waals surface area (Å²) in [5, 5.41) is 9.67. The van der Waals surface area contributed by atoms with Crippen LogP contribution in [0.4, 0.5) is 0 Å². The maximum absolute atomic E-state index is 12.9. The molecule has 0 N–H and O–H groups in total. The Morgan fingerprint density at radius 1 is 1.33 bits per heavy atom. The fourth-order valence-corrected chi connectivity index (χ4v) is 3.56. The molecule has 140 valence electrons. The summed E-state index contributed by atoms with van der Waals surface area (Å²) in [4.78, 5) is 27.3. The number of likely N-dealkylation sites (tertiary alicyclic amines) is 1. The summed E-state index contributed by atoms with van der Waals surface area (Å²) in [5.41, 5.74) is 0.532. The average molecular weight is 366 g/mol. The first-order valence-corrected chi connectivity index (χ1v) is 9.25. The maximum Gasteiger partial charge on any atom is 0.275 e. The molecule has 7 nitrogen and oxygen atoms in total. The fraction of sp³-hybridized carbons (Fsp3) is 0.400. The van der Waals surface area contributed by atoms with Crippen molar-refractivity contribution < 1.29 is 9.32 Å². The van der Waals surface area contributed by atoms with Crippen LogP contribution in [-0.2, 0) is 11.3 Å². The molecule has 0 saturated carbocycles. The molecular formula is C20H22N4O3. The largest absolute Gasteiger partial charge is 0.361 e. The second-order valence-electron chi connectivity index (χ2n) is 7.25. The van der Waals surface area contributed by atoms with Crippen molar-refractivity contribution in [3.05, 3.63) is 58.3 Å². The van der Waals surface area contributed by atoms with Crippen LogP contribution in [0.1, 0.15) is 50.1 Å². The highest BCUT2D eigenvalue weighted by Gasteiger charge is 2.32. The number of hydrogen-bond acceptors (Lipinski definition) is 5. The molecule has 3 aromatic rings. The van der Waals surface area contributed by atoms with Crippen LogP contribution in [0.5, 0.6) is 0 Å². The van der Waals surface area contributed by atoms with Gasteiger partial charge in [0, 0.05) is 23.9 Å². The highest BCUT2D eigenvalue weighted by atomic mass is 16.5. The topological polar surface area (TPSA) is 81.2 Å². The minimum Gasteiger partial charge on any atom is -0.361 e. The molecule has 1 aliphatic rings. The predicted molar refractivity (Wildman–Crippen MR) is 100 cm³/mol. The molecule has 1 fully saturated rings. The third-order valence-electron chi connectivity index (χ3n) is 5.08. The van der Waals surface area contributed by atoms with Gasteiger partial charge >= 0.3 is 0 Å². The lowest BCUT2D eigenvalue weighted by Gasteiger charge is -2.23. The molecule has 0 bridgehead atoms. The Kier molecular flexibility index (Phi) is 4.51. The van der Waals surface area contributed by atoms with Gasteiger partial charge in [-0.15, -0.1) is 0 Å². The van der Waals surface area contributed by atoms with Crippen molar-refractivity contribution in [2.45, 2.75) is 45.2 Å². The van der Waals surface area contributed by atoms with Gasteiger partial charge in [0.2, 0.25) is 5.91 Å². The molecule has 1 amide bonds. The summed E-state index contributed by atoms with van der Waals surface area (Å²) in [6.45, 7) is 4.66. The van der Waals surface area contributed by atoms with Gasteiger partial charge in [-0.25, -0.2) is 4.68 Å². The van der Waals surface area contributed by atoms with Crippen molar-refractivity contribution in [3.8, 4) is 0 Å². The van der Waals surface area contributed by atoms with Gasteiger partial charge in [-0.2, -0.15) is 5.10 Å². The van der Waals surface area contributed by atoms with Crippen molar-refractivity contribution in [1.29, 1.82) is 0 Å². The first-order valence-electron chi connectivity index (χ1n) is 9.25. The van der Waals surface area contributed by atoms with Crippen LogP contribution in [0.2, 0.25) is 0 Å². The molecule has 4 rings (SSSR count). The van der Waals surface area contributed by atoms with Crippen molar-refractivity contribution in [1.82, 2.24) is 19.8 Å². The lowest BCUT2D eigenvalue weighted by molar-refractivity contribution is -0.133. The minimum atomic E-state index is -0.249. The fourth-order valence-electron chi connectivity index (χ4n) is 3.56. The van der Waals surface area contributed by atoms with Crippen LogP contribution < -0.4 is 5.56 Å². The number of rotatable bonds is 4. The average Bonchev–Trinajstić information content (AvgIpc) is 3.33. The van der Waals surface area contributed by atoms with E-state index in [0.29, 0.717) is 11.9 Å². The number of hydrogen-bond donors (Lipinski definition) is 0. The van der Waals surface area contributed by atoms with Gasteiger partial charge < -0.3 is 9.42 Å². The Balaban J connectivity index is 1.57. The SMILES string of the molecule is CC(C)c1cc([C@@H]2CCCN2C(=O)Cn2ncc3ccccc3c2=O)no1. The van der Waals surface area contributed by atoms with E-state index >= 15 is 0 Å². The zero-order chi connectivity index (χ0) is 19.0. The number of carbonyl (C=O) groups excluding carboxylic acids is 1. The number of aromatic nitrogens is 3. The summed E-state index contributed by atoms with van der Waals surface area (Å²) in [7, 11) is 0. The lowest BCUT2D eigenvalue weighted by atomic mass is 10.1. The van der Waals surface area contributed by atoms with Gasteiger partial charge in [-0.1, -0.05) is 37.2 Å². The molecule has 2 aromatic heterocycles. The van der Waals surface area contributed by atoms with E-state index in [1.54, 1.807) is 17.2 Å². The first-order chi connectivity index (χ1) is 13.0. The molecular weight excluding hydrogens is 344 g/mol. The number of nitrogens with zero attached hydrogens (tertiary/aromatic N) is 4. The van der Waals surface area contributed by atoms with Crippen LogP contribution in [0, 0.1) is 0 Å². The van der Waals surface area contributed by atoms with Gasteiger partial charge in [0.25, 0.3) is 5.56 Å². The standard InChI is InChI=1S/C20H22N4O3/c1-13(2)18-10-16(22-27-18)17-8-5-9-23(17)19(25)12-24-20(26)15-7-4-3-6-14(15)11-21-24/h3-4,6-7,10-11,13,17H,5,8-9,12H2,1-2H3/t17-/m0/s1. The number of benzene rings is 1. The molecule has 1 aliphatic heterocycles. The molecule has 27 heavy (non-hydrogen) atoms. The van der Waals surface area contributed by atoms with Gasteiger partial charge in [0.05, 0.1) is 17.6 Å².